The maximum Gasteiger partial charge on any atom is 0.389 e. The second-order valence-corrected chi connectivity index (χ2v) is 14.5. The summed E-state index contributed by atoms with van der Waals surface area (Å²) in [5.41, 5.74) is 4.30. The monoisotopic (exact) mass is 582 g/mol. The molecule has 5 aliphatic rings. The van der Waals surface area contributed by atoms with Gasteiger partial charge in [-0.2, -0.15) is 4.89 Å². The number of anilines is 1. The molecule has 0 saturated carbocycles. The van der Waals surface area contributed by atoms with E-state index in [-0.39, 0.29) is 30.1 Å². The smallest absolute Gasteiger partial charge is 0.389 e. The average molecular weight is 583 g/mol. The quantitative estimate of drug-likeness (QED) is 0.250. The Morgan fingerprint density at radius 2 is 1.76 bits per heavy atom. The van der Waals surface area contributed by atoms with Crippen LogP contribution >= 0.6 is 0 Å². The maximum absolute atomic E-state index is 14.0. The summed E-state index contributed by atoms with van der Waals surface area (Å²) in [6.07, 6.45) is -0.845. The predicted molar refractivity (Wildman–Crippen MR) is 152 cm³/mol. The van der Waals surface area contributed by atoms with Crippen molar-refractivity contribution >= 4 is 39.3 Å². The Morgan fingerprint density at radius 3 is 2.39 bits per heavy atom. The third-order valence-electron chi connectivity index (χ3n) is 10.3. The van der Waals surface area contributed by atoms with Gasteiger partial charge in [0.15, 0.2) is 11.0 Å². The number of aliphatic hydroxyl groups excluding tert-OH is 1. The van der Waals surface area contributed by atoms with Gasteiger partial charge < -0.3 is 19.0 Å². The van der Waals surface area contributed by atoms with Gasteiger partial charge in [-0.25, -0.2) is 9.00 Å². The van der Waals surface area contributed by atoms with Crippen LogP contribution < -0.4 is 4.31 Å². The lowest BCUT2D eigenvalue weighted by Crippen LogP contribution is -2.63. The summed E-state index contributed by atoms with van der Waals surface area (Å²) in [6.45, 7) is 10.3. The van der Waals surface area contributed by atoms with E-state index in [1.165, 1.54) is 28.5 Å². The molecule has 0 bridgehead atoms. The second kappa shape index (κ2) is 9.08. The minimum atomic E-state index is -1.48. The second-order valence-electron chi connectivity index (χ2n) is 13.2. The molecule has 0 radical (unpaired) electrons. The predicted octanol–water partition coefficient (Wildman–Crippen LogP) is 1.82. The van der Waals surface area contributed by atoms with Crippen LogP contribution in [-0.2, 0) is 43.4 Å². The maximum atomic E-state index is 14.0. The number of hydrogen-bond acceptors (Lipinski definition) is 6. The van der Waals surface area contributed by atoms with Crippen molar-refractivity contribution in [2.24, 2.45) is 11.8 Å². The minimum Gasteiger partial charge on any atom is -0.393 e. The van der Waals surface area contributed by atoms with Crippen molar-refractivity contribution in [2.75, 3.05) is 58.2 Å². The van der Waals surface area contributed by atoms with Gasteiger partial charge in [0.2, 0.25) is 5.91 Å². The highest BCUT2D eigenvalue weighted by Crippen LogP contribution is 2.50. The number of quaternary nitrogens is 2. The van der Waals surface area contributed by atoms with E-state index in [1.54, 1.807) is 6.92 Å². The van der Waals surface area contributed by atoms with Crippen LogP contribution in [0.25, 0.3) is 10.8 Å². The molecule has 5 atom stereocenters. The van der Waals surface area contributed by atoms with Gasteiger partial charge in [-0.1, -0.05) is 19.1 Å². The van der Waals surface area contributed by atoms with Crippen LogP contribution in [0.5, 0.6) is 0 Å². The highest BCUT2D eigenvalue weighted by Gasteiger charge is 2.60. The first-order valence-electron chi connectivity index (χ1n) is 14.4. The van der Waals surface area contributed by atoms with Crippen LogP contribution in [0.3, 0.4) is 0 Å². The van der Waals surface area contributed by atoms with Crippen LogP contribution in [0.2, 0.25) is 0 Å². The molecule has 0 aromatic heterocycles. The fourth-order valence-corrected chi connectivity index (χ4v) is 9.35. The molecule has 11 heteroatoms. The van der Waals surface area contributed by atoms with Crippen molar-refractivity contribution in [3.63, 3.8) is 0 Å². The minimum absolute atomic E-state index is 0.131. The molecule has 0 aliphatic carbocycles. The number of fused-ring (bicyclic) bond motifs is 1. The topological polar surface area (TPSA) is 96.4 Å². The molecule has 5 heterocycles. The normalized spacial score (nSPS) is 29.7. The molecule has 5 aliphatic heterocycles. The summed E-state index contributed by atoms with van der Waals surface area (Å²) in [6, 6.07) is 8.09. The van der Waals surface area contributed by atoms with Crippen molar-refractivity contribution in [1.29, 1.82) is 0 Å². The number of hydrogen-bond donors (Lipinski definition) is 1. The van der Waals surface area contributed by atoms with E-state index >= 15 is 0 Å². The number of aliphatic hydroxyl groups is 1. The zero-order valence-corrected chi connectivity index (χ0v) is 25.1. The summed E-state index contributed by atoms with van der Waals surface area (Å²) in [4.78, 5) is 37.8. The van der Waals surface area contributed by atoms with Crippen molar-refractivity contribution in [2.45, 2.75) is 44.0 Å². The number of piperazine rings is 1. The van der Waals surface area contributed by atoms with E-state index in [9.17, 15) is 18.9 Å². The van der Waals surface area contributed by atoms with Gasteiger partial charge in [-0.15, -0.1) is 0 Å². The standard InChI is InChI=1S/C30H38N4O6S/c1-17-21(28(30(37)40-39-5)32-27(17)24(18(2)35)29(32)36)14-31-22-8-6-19-15-34(12-10-33(3,4)11-13-34)16-20-7-9-23(41(31)38)26(22)25(19)20/h6-9,17-18,24,27,35H,10-16H2,1-5H3/q+2/t17-,18+,24+,27?,41?/m0/s1. The van der Waals surface area contributed by atoms with Gasteiger partial charge in [0.1, 0.15) is 45.0 Å². The van der Waals surface area contributed by atoms with Crippen molar-refractivity contribution in [3.8, 4) is 0 Å². The Kier molecular flexibility index (Phi) is 5.99. The molecule has 2 aromatic rings. The van der Waals surface area contributed by atoms with Gasteiger partial charge in [0.05, 0.1) is 56.4 Å². The Labute approximate surface area is 242 Å². The van der Waals surface area contributed by atoms with Crippen LogP contribution in [0, 0.1) is 11.8 Å². The van der Waals surface area contributed by atoms with Crippen LogP contribution in [0.4, 0.5) is 5.69 Å². The number of carbonyl (C=O) groups excluding carboxylic acids is 2. The third kappa shape index (κ3) is 3.79. The van der Waals surface area contributed by atoms with E-state index in [4.69, 9.17) is 4.89 Å². The van der Waals surface area contributed by atoms with Crippen LogP contribution in [-0.4, -0.2) is 101 Å². The number of carbonyl (C=O) groups is 2. The van der Waals surface area contributed by atoms with Crippen molar-refractivity contribution < 1.29 is 37.6 Å². The van der Waals surface area contributed by atoms with Gasteiger partial charge in [0, 0.05) is 27.8 Å². The summed E-state index contributed by atoms with van der Waals surface area (Å²) < 4.78 is 18.0. The number of β-lactam (4-membered cyclic amide) rings is 1. The molecule has 2 saturated heterocycles. The molecule has 10 nitrogen and oxygen atoms in total. The Hall–Kier alpha value is -2.83. The van der Waals surface area contributed by atoms with E-state index in [1.807, 2.05) is 17.3 Å². The number of likely N-dealkylation sites (N-methyl/N-ethyl adjacent to an activating group) is 1. The number of rotatable bonds is 5. The highest BCUT2D eigenvalue weighted by atomic mass is 32.2. The largest absolute Gasteiger partial charge is 0.393 e. The lowest BCUT2D eigenvalue weighted by atomic mass is 9.77. The van der Waals surface area contributed by atoms with Gasteiger partial charge in [-0.05, 0) is 24.6 Å². The van der Waals surface area contributed by atoms with Gasteiger partial charge >= 0.3 is 5.97 Å². The third-order valence-corrected chi connectivity index (χ3v) is 11.7. The molecule has 1 N–H and O–H groups in total. The molecule has 1 spiro atoms. The number of nitrogens with zero attached hydrogens (tertiary/aromatic N) is 4. The lowest BCUT2D eigenvalue weighted by molar-refractivity contribution is -1.03. The first-order chi connectivity index (χ1) is 19.5. The fourth-order valence-electron chi connectivity index (χ4n) is 7.96. The first-order valence-corrected chi connectivity index (χ1v) is 15.5. The highest BCUT2D eigenvalue weighted by molar-refractivity contribution is 7.87. The van der Waals surface area contributed by atoms with E-state index < -0.39 is 29.0 Å². The summed E-state index contributed by atoms with van der Waals surface area (Å²) in [5, 5.41) is 12.6. The molecule has 1 amide bonds. The number of benzene rings is 2. The van der Waals surface area contributed by atoms with E-state index in [2.05, 4.69) is 37.2 Å². The molecule has 7 rings (SSSR count). The lowest BCUT2D eigenvalue weighted by Gasteiger charge is -2.48. The molecule has 2 unspecified atom stereocenters. The Morgan fingerprint density at radius 1 is 1.10 bits per heavy atom. The van der Waals surface area contributed by atoms with E-state index in [0.717, 1.165) is 64.2 Å². The zero-order valence-electron chi connectivity index (χ0n) is 24.3. The van der Waals surface area contributed by atoms with Crippen LogP contribution in [0.15, 0.2) is 40.4 Å². The SMILES string of the molecule is COOC(=O)C1=C(CN2c3ccc4c5c(ccc(c35)S2=O)C[N+]2(CC[N+](C)(C)CC2)C4)[C@H](C)C2[C@@H]([C@@H](C)O)C(=O)N12. The summed E-state index contributed by atoms with van der Waals surface area (Å²) in [7, 11) is 4.38. The molecule has 218 valence electrons. The fraction of sp³-hybridized carbons (Fsp3) is 0.533. The number of amides is 1. The first kappa shape index (κ1) is 27.0. The molecule has 2 fully saturated rings. The molecule has 2 aromatic carbocycles. The van der Waals surface area contributed by atoms with Crippen LogP contribution in [0.1, 0.15) is 25.0 Å². The van der Waals surface area contributed by atoms with E-state index in [0.29, 0.717) is 5.57 Å². The Balaban J connectivity index is 1.26. The Bertz CT molecular complexity index is 1540. The average Bonchev–Trinajstić information content (AvgIpc) is 3.33. The zero-order chi connectivity index (χ0) is 29.0. The molecule has 41 heavy (non-hydrogen) atoms. The molecular weight excluding hydrogens is 544 g/mol. The van der Waals surface area contributed by atoms with Crippen molar-refractivity contribution in [3.05, 3.63) is 46.7 Å². The van der Waals surface area contributed by atoms with Gasteiger partial charge in [-0.3, -0.25) is 14.0 Å². The van der Waals surface area contributed by atoms with Crippen molar-refractivity contribution in [1.82, 2.24) is 4.90 Å². The summed E-state index contributed by atoms with van der Waals surface area (Å²) in [5.74, 6) is -1.90. The summed E-state index contributed by atoms with van der Waals surface area (Å²) >= 11 is 0. The molecular formula is C30H38N4O6S+2. The van der Waals surface area contributed by atoms with Gasteiger partial charge in [0.25, 0.3) is 0 Å².